The van der Waals surface area contributed by atoms with Crippen molar-refractivity contribution in [1.29, 1.82) is 0 Å². The molecule has 0 atom stereocenters. The maximum absolute atomic E-state index is 13.5. The lowest BCUT2D eigenvalue weighted by Crippen LogP contribution is -2.50. The summed E-state index contributed by atoms with van der Waals surface area (Å²) in [6, 6.07) is 31.8. The van der Waals surface area contributed by atoms with Crippen LogP contribution >= 0.6 is 69.6 Å². The Labute approximate surface area is 614 Å². The van der Waals surface area contributed by atoms with Gasteiger partial charge in [-0.15, -0.1) is 0 Å². The van der Waals surface area contributed by atoms with E-state index in [2.05, 4.69) is 34.7 Å². The number of piperazine rings is 3. The monoisotopic (exact) mass is 1490 g/mol. The summed E-state index contributed by atoms with van der Waals surface area (Å²) in [4.78, 5) is 97.9. The summed E-state index contributed by atoms with van der Waals surface area (Å²) in [5.74, 6) is 1.30. The number of nitrogens with two attached hydrogens (primary N) is 3. The maximum atomic E-state index is 13.5. The number of rotatable bonds is 12. The molecule has 3 fully saturated rings. The van der Waals surface area contributed by atoms with Crippen molar-refractivity contribution in [1.82, 2.24) is 62.3 Å². The fourth-order valence-corrected chi connectivity index (χ4v) is 14.3. The van der Waals surface area contributed by atoms with Gasteiger partial charge in [-0.3, -0.25) is 41.7 Å². The number of pyridine rings is 4. The second kappa shape index (κ2) is 30.8. The molecule has 0 aliphatic carbocycles. The van der Waals surface area contributed by atoms with Gasteiger partial charge >= 0.3 is 0 Å². The average molecular weight is 1490 g/mol. The van der Waals surface area contributed by atoms with Gasteiger partial charge in [-0.25, -0.2) is 24.9 Å². The van der Waals surface area contributed by atoms with Gasteiger partial charge in [0.1, 0.15) is 39.8 Å². The maximum Gasteiger partial charge on any atom is 0.289 e. The molecule has 24 nitrogen and oxygen atoms in total. The number of anilines is 2. The number of amides is 4. The Hall–Kier alpha value is -9.86. The predicted molar refractivity (Wildman–Crippen MR) is 396 cm³/mol. The van der Waals surface area contributed by atoms with Gasteiger partial charge < -0.3 is 51.0 Å². The number of carbonyl (C=O) groups excluding carboxylic acids is 4. The molecule has 3 aliphatic rings. The van der Waals surface area contributed by atoms with Crippen LogP contribution in [0.3, 0.4) is 0 Å². The molecule has 0 unspecified atom stereocenters. The highest BCUT2D eigenvalue weighted by Crippen LogP contribution is 2.37. The topological polar surface area (TPSA) is 279 Å². The Kier molecular flexibility index (Phi) is 21.3. The van der Waals surface area contributed by atoms with E-state index in [0.717, 1.165) is 55.9 Å². The largest absolute Gasteiger partial charge is 0.459 e. The van der Waals surface area contributed by atoms with Crippen LogP contribution in [0, 0.1) is 0 Å². The number of nitrogens with zero attached hydrogens (tertiary/aromatic N) is 15. The molecule has 3 aromatic carbocycles. The van der Waals surface area contributed by atoms with Crippen LogP contribution in [0.4, 0.5) is 11.8 Å². The smallest absolute Gasteiger partial charge is 0.289 e. The number of imidazole rings is 3. The van der Waals surface area contributed by atoms with E-state index >= 15 is 0 Å². The zero-order valence-corrected chi connectivity index (χ0v) is 59.4. The fourth-order valence-electron chi connectivity index (χ4n) is 12.8. The molecular formula is C72H66Cl6N18O6. The normalized spacial score (nSPS) is 14.1. The average Bonchev–Trinajstić information content (AvgIpc) is 1.62. The second-order valence-electron chi connectivity index (χ2n) is 24.2. The van der Waals surface area contributed by atoms with Gasteiger partial charge in [0.15, 0.2) is 5.76 Å². The Morgan fingerprint density at radius 3 is 1.16 bits per heavy atom. The van der Waals surface area contributed by atoms with E-state index in [9.17, 15) is 24.0 Å². The Bertz CT molecular complexity index is 5200. The first kappa shape index (κ1) is 70.6. The summed E-state index contributed by atoms with van der Waals surface area (Å²) in [6.07, 6.45) is 15.3. The van der Waals surface area contributed by atoms with Gasteiger partial charge in [0.25, 0.3) is 29.2 Å². The highest BCUT2D eigenvalue weighted by atomic mass is 35.5. The predicted octanol–water partition coefficient (Wildman–Crippen LogP) is 10.9. The van der Waals surface area contributed by atoms with E-state index in [4.69, 9.17) is 91.2 Å². The zero-order chi connectivity index (χ0) is 71.5. The third-order valence-corrected chi connectivity index (χ3v) is 19.9. The highest BCUT2D eigenvalue weighted by molar-refractivity contribution is 6.37. The minimum absolute atomic E-state index is 0.0554. The molecule has 30 heteroatoms. The molecule has 0 radical (unpaired) electrons. The van der Waals surface area contributed by atoms with Crippen LogP contribution in [0.15, 0.2) is 174 Å². The van der Waals surface area contributed by atoms with Crippen LogP contribution in [-0.2, 0) is 26.7 Å². The SMILES string of the molecule is Cn1c(N2CCN(C(=O)c3cnc4cc(CN)c(-c5ccc(Cl)cc5Cl)cn34)CC2)cccc1=O.NCc1cc2ncc(C(=O)N3CCN(C(=O)c4ccco4)CC3)n2cc1-c1ccc(Cl)cc1Cl.NCc1cc2ncc(C(=O)N3CCN(c4ncccn4)CC3)n2cc1-c1ccc(Cl)cc1Cl. The van der Waals surface area contributed by atoms with Crippen molar-refractivity contribution in [3.8, 4) is 33.4 Å². The highest BCUT2D eigenvalue weighted by Gasteiger charge is 2.31. The fraction of sp³-hybridized carbons (Fsp3) is 0.222. The molecule has 6 N–H and O–H groups in total. The van der Waals surface area contributed by atoms with Gasteiger partial charge in [0.2, 0.25) is 5.95 Å². The van der Waals surface area contributed by atoms with Gasteiger partial charge in [0.05, 0.1) is 24.9 Å². The van der Waals surface area contributed by atoms with E-state index in [1.165, 1.54) is 12.3 Å². The molecule has 0 saturated carbocycles. The molecule has 102 heavy (non-hydrogen) atoms. The van der Waals surface area contributed by atoms with E-state index in [0.29, 0.717) is 167 Å². The summed E-state index contributed by atoms with van der Waals surface area (Å²) >= 11 is 37.6. The van der Waals surface area contributed by atoms with Crippen molar-refractivity contribution >= 4 is 122 Å². The zero-order valence-electron chi connectivity index (χ0n) is 54.9. The van der Waals surface area contributed by atoms with E-state index in [-0.39, 0.29) is 35.7 Å². The van der Waals surface area contributed by atoms with Gasteiger partial charge in [-0.1, -0.05) is 93.9 Å². The Balaban J connectivity index is 0.000000137. The number of aromatic nitrogens is 9. The first-order valence-electron chi connectivity index (χ1n) is 32.5. The van der Waals surface area contributed by atoms with Crippen LogP contribution in [0.2, 0.25) is 30.1 Å². The first-order valence-corrected chi connectivity index (χ1v) is 34.7. The van der Waals surface area contributed by atoms with E-state index < -0.39 is 0 Å². The molecule has 12 aromatic rings. The summed E-state index contributed by atoms with van der Waals surface area (Å²) < 4.78 is 12.2. The minimum atomic E-state index is -0.175. The molecule has 3 saturated heterocycles. The van der Waals surface area contributed by atoms with Crippen LogP contribution in [-0.4, -0.2) is 164 Å². The summed E-state index contributed by atoms with van der Waals surface area (Å²) in [5.41, 5.74) is 28.7. The Morgan fingerprint density at radius 1 is 0.422 bits per heavy atom. The summed E-state index contributed by atoms with van der Waals surface area (Å²) in [6.45, 7) is 7.35. The number of hydrogen-bond donors (Lipinski definition) is 3. The van der Waals surface area contributed by atoms with Crippen LogP contribution < -0.4 is 32.6 Å². The van der Waals surface area contributed by atoms with Gasteiger partial charge in [-0.05, 0) is 95.6 Å². The van der Waals surface area contributed by atoms with Crippen molar-refractivity contribution < 1.29 is 23.6 Å². The van der Waals surface area contributed by atoms with Gasteiger partial charge in [-0.2, -0.15) is 0 Å². The quantitative estimate of drug-likeness (QED) is 0.102. The van der Waals surface area contributed by atoms with Crippen molar-refractivity contribution in [3.05, 3.63) is 245 Å². The first-order chi connectivity index (χ1) is 49.4. The number of hydrogen-bond acceptors (Lipinski definition) is 16. The lowest BCUT2D eigenvalue weighted by molar-refractivity contribution is 0.0514. The van der Waals surface area contributed by atoms with Crippen molar-refractivity contribution in [2.24, 2.45) is 24.2 Å². The lowest BCUT2D eigenvalue weighted by Gasteiger charge is -2.36. The number of halogens is 6. The molecule has 9 aromatic heterocycles. The standard InChI is InChI=1S/C25H24Cl2N6O2.C24H21Cl2N5O3.C23H21Cl2N7O/c1-30-23(3-2-4-24(30)34)31-7-9-32(10-8-31)25(35)21-14-29-22-11-16(13-28)19(15-33(21)22)18-6-5-17(26)12-20(18)27;25-16-3-4-17(19(26)11-16)18-14-31-20(13-28-22(31)10-15(18)12-27)23(32)29-5-7-30(8-6-29)24(33)21-2-1-9-34-21;24-16-2-3-17(19(25)11-16)18-14-32-20(13-29-21(32)10-15(18)12-26)22(33)30-6-8-31(9-7-30)23-27-4-1-5-28-23/h2-6,11-12,14-15H,7-10,13,28H2,1H3;1-4,9-11,13-14H,5-8,12,27H2;1-5,10-11,13-14H,6-9,12,26H2. The molecule has 522 valence electrons. The molecular weight excluding hydrogens is 1430 g/mol. The summed E-state index contributed by atoms with van der Waals surface area (Å²) in [5, 5.41) is 3.15. The summed E-state index contributed by atoms with van der Waals surface area (Å²) in [7, 11) is 1.76. The molecule has 15 rings (SSSR count). The molecule has 0 bridgehead atoms. The third kappa shape index (κ3) is 14.6. The Morgan fingerprint density at radius 2 is 0.794 bits per heavy atom. The number of benzene rings is 3. The molecule has 12 heterocycles. The van der Waals surface area contributed by atoms with Crippen LogP contribution in [0.5, 0.6) is 0 Å². The molecule has 3 aliphatic heterocycles. The number of furan rings is 1. The van der Waals surface area contributed by atoms with Gasteiger partial charge in [0, 0.05) is 206 Å². The lowest BCUT2D eigenvalue weighted by atomic mass is 10.0. The molecule has 4 amide bonds. The van der Waals surface area contributed by atoms with E-state index in [1.807, 2.05) is 70.9 Å². The van der Waals surface area contributed by atoms with Crippen LogP contribution in [0.1, 0.15) is 58.7 Å². The minimum Gasteiger partial charge on any atom is -0.459 e. The molecule has 0 spiro atoms. The van der Waals surface area contributed by atoms with Crippen molar-refractivity contribution in [3.63, 3.8) is 0 Å². The van der Waals surface area contributed by atoms with Crippen molar-refractivity contribution in [2.75, 3.05) is 88.3 Å². The number of fused-ring (bicyclic) bond motifs is 3. The van der Waals surface area contributed by atoms with Crippen LogP contribution in [0.25, 0.3) is 50.3 Å². The van der Waals surface area contributed by atoms with Crippen molar-refractivity contribution in [2.45, 2.75) is 19.6 Å². The second-order valence-corrected chi connectivity index (χ2v) is 26.7. The third-order valence-electron chi connectivity index (χ3n) is 18.2. The number of carbonyl (C=O) groups is 4. The van der Waals surface area contributed by atoms with E-state index in [1.54, 1.807) is 126 Å².